The van der Waals surface area contributed by atoms with Gasteiger partial charge in [0, 0.05) is 25.7 Å². The fourth-order valence-electron chi connectivity index (χ4n) is 9.75. The molecule has 3 N–H and O–H groups in total. The molecular formula is C66H128O17P2. The highest BCUT2D eigenvalue weighted by Gasteiger charge is 2.30. The zero-order chi connectivity index (χ0) is 63.2. The lowest BCUT2D eigenvalue weighted by molar-refractivity contribution is -0.161. The summed E-state index contributed by atoms with van der Waals surface area (Å²) in [6.45, 7) is 14.0. The molecule has 0 aromatic heterocycles. The highest BCUT2D eigenvalue weighted by molar-refractivity contribution is 7.47. The predicted molar refractivity (Wildman–Crippen MR) is 340 cm³/mol. The van der Waals surface area contributed by atoms with Crippen molar-refractivity contribution in [2.45, 2.75) is 337 Å². The van der Waals surface area contributed by atoms with Crippen molar-refractivity contribution in [2.75, 3.05) is 39.6 Å². The van der Waals surface area contributed by atoms with Crippen LogP contribution in [0.25, 0.3) is 0 Å². The number of esters is 4. The van der Waals surface area contributed by atoms with Crippen LogP contribution in [0.15, 0.2) is 0 Å². The molecule has 85 heavy (non-hydrogen) atoms. The second kappa shape index (κ2) is 56.1. The van der Waals surface area contributed by atoms with Gasteiger partial charge in [0.05, 0.1) is 26.4 Å². The molecule has 0 aromatic rings. The molecule has 0 heterocycles. The third kappa shape index (κ3) is 59.5. The van der Waals surface area contributed by atoms with Crippen LogP contribution in [0.4, 0.5) is 0 Å². The van der Waals surface area contributed by atoms with Crippen LogP contribution in [0.2, 0.25) is 0 Å². The molecule has 0 aliphatic heterocycles. The molecule has 0 bridgehead atoms. The van der Waals surface area contributed by atoms with Crippen molar-refractivity contribution in [3.05, 3.63) is 0 Å². The molecule has 17 nitrogen and oxygen atoms in total. The summed E-state index contributed by atoms with van der Waals surface area (Å²) in [5.74, 6) is 0.774. The van der Waals surface area contributed by atoms with Gasteiger partial charge in [-0.05, 0) is 49.4 Å². The van der Waals surface area contributed by atoms with E-state index in [0.717, 1.165) is 120 Å². The second-order valence-electron chi connectivity index (χ2n) is 25.5. The van der Waals surface area contributed by atoms with E-state index < -0.39 is 97.5 Å². The van der Waals surface area contributed by atoms with E-state index in [-0.39, 0.29) is 25.7 Å². The summed E-state index contributed by atoms with van der Waals surface area (Å²) in [5, 5.41) is 10.5. The van der Waals surface area contributed by atoms with Crippen molar-refractivity contribution >= 4 is 39.5 Å². The second-order valence-corrected chi connectivity index (χ2v) is 28.4. The zero-order valence-corrected chi connectivity index (χ0v) is 57.0. The maximum absolute atomic E-state index is 13.0. The fourth-order valence-corrected chi connectivity index (χ4v) is 11.3. The molecule has 0 saturated heterocycles. The molecule has 0 rings (SSSR count). The summed E-state index contributed by atoms with van der Waals surface area (Å²) in [6.07, 6.45) is 36.4. The Kier molecular flexibility index (Phi) is 54.8. The monoisotopic (exact) mass is 1250 g/mol. The van der Waals surface area contributed by atoms with Crippen molar-refractivity contribution in [1.29, 1.82) is 0 Å². The zero-order valence-electron chi connectivity index (χ0n) is 55.2. The van der Waals surface area contributed by atoms with Gasteiger partial charge >= 0.3 is 39.5 Å². The van der Waals surface area contributed by atoms with Crippen LogP contribution in [-0.2, 0) is 65.4 Å². The first-order chi connectivity index (χ1) is 40.6. The molecule has 0 amide bonds. The van der Waals surface area contributed by atoms with E-state index in [1.54, 1.807) is 0 Å². The van der Waals surface area contributed by atoms with Gasteiger partial charge in [0.15, 0.2) is 12.2 Å². The Morgan fingerprint density at radius 3 is 0.835 bits per heavy atom. The van der Waals surface area contributed by atoms with Crippen molar-refractivity contribution in [2.24, 2.45) is 23.7 Å². The molecule has 6 atom stereocenters. The van der Waals surface area contributed by atoms with Gasteiger partial charge in [-0.25, -0.2) is 9.13 Å². The predicted octanol–water partition coefficient (Wildman–Crippen LogP) is 18.1. The lowest BCUT2D eigenvalue weighted by Crippen LogP contribution is -2.30. The van der Waals surface area contributed by atoms with Crippen LogP contribution in [0.5, 0.6) is 0 Å². The molecular weight excluding hydrogens is 1130 g/mol. The van der Waals surface area contributed by atoms with Crippen molar-refractivity contribution < 1.29 is 80.2 Å². The molecule has 0 radical (unpaired) electrons. The number of carbonyl (C=O) groups is 4. The van der Waals surface area contributed by atoms with Crippen LogP contribution in [-0.4, -0.2) is 96.7 Å². The van der Waals surface area contributed by atoms with Gasteiger partial charge in [-0.15, -0.1) is 0 Å². The first-order valence-corrected chi connectivity index (χ1v) is 37.2. The van der Waals surface area contributed by atoms with Crippen LogP contribution < -0.4 is 0 Å². The number of carbonyl (C=O) groups excluding carboxylic acids is 4. The third-order valence-corrected chi connectivity index (χ3v) is 17.3. The minimum Gasteiger partial charge on any atom is -0.462 e. The molecule has 0 saturated carbocycles. The SMILES string of the molecule is CCC(C)CCCCCCCCC(=O)OC[C@H](COP(=O)(O)OC[C@H](O)COP(=O)(O)OC[C@@H](COC(=O)CCCCCCCCC(C)C)OC(=O)CCCCCCCCCCCC(C)C)OC(=O)CCCCCCCCCCCCCC(C)C. The van der Waals surface area contributed by atoms with Crippen molar-refractivity contribution in [3.63, 3.8) is 0 Å². The van der Waals surface area contributed by atoms with E-state index in [0.29, 0.717) is 31.6 Å². The first-order valence-electron chi connectivity index (χ1n) is 34.2. The first kappa shape index (κ1) is 83.1. The Balaban J connectivity index is 5.25. The quantitative estimate of drug-likeness (QED) is 0.0222. The largest absolute Gasteiger partial charge is 0.472 e. The van der Waals surface area contributed by atoms with Gasteiger partial charge in [-0.1, -0.05) is 267 Å². The molecule has 0 aliphatic carbocycles. The van der Waals surface area contributed by atoms with Gasteiger partial charge in [-0.3, -0.25) is 37.3 Å². The maximum atomic E-state index is 13.0. The van der Waals surface area contributed by atoms with Crippen LogP contribution >= 0.6 is 15.6 Å². The summed E-state index contributed by atoms with van der Waals surface area (Å²) in [7, 11) is -9.89. The lowest BCUT2D eigenvalue weighted by Gasteiger charge is -2.21. The average molecular weight is 1260 g/mol. The van der Waals surface area contributed by atoms with Crippen molar-refractivity contribution in [3.8, 4) is 0 Å². The van der Waals surface area contributed by atoms with Gasteiger partial charge in [0.25, 0.3) is 0 Å². The summed E-state index contributed by atoms with van der Waals surface area (Å²) < 4.78 is 68.1. The Morgan fingerprint density at radius 2 is 0.565 bits per heavy atom. The highest BCUT2D eigenvalue weighted by atomic mass is 31.2. The van der Waals surface area contributed by atoms with Gasteiger partial charge in [0.2, 0.25) is 0 Å². The number of aliphatic hydroxyl groups is 1. The summed E-state index contributed by atoms with van der Waals surface area (Å²) in [5.41, 5.74) is 0. The summed E-state index contributed by atoms with van der Waals surface area (Å²) in [4.78, 5) is 72.3. The molecule has 0 fully saturated rings. The summed E-state index contributed by atoms with van der Waals surface area (Å²) >= 11 is 0. The molecule has 504 valence electrons. The van der Waals surface area contributed by atoms with E-state index in [9.17, 15) is 43.2 Å². The van der Waals surface area contributed by atoms with Crippen molar-refractivity contribution in [1.82, 2.24) is 0 Å². The number of phosphoric acid groups is 2. The van der Waals surface area contributed by atoms with Gasteiger partial charge in [0.1, 0.15) is 19.3 Å². The number of aliphatic hydroxyl groups excluding tert-OH is 1. The topological polar surface area (TPSA) is 237 Å². The number of rotatable bonds is 63. The Hall–Kier alpha value is -1.94. The van der Waals surface area contributed by atoms with E-state index >= 15 is 0 Å². The van der Waals surface area contributed by atoms with Crippen LogP contribution in [0.3, 0.4) is 0 Å². The Labute approximate surface area is 517 Å². The smallest absolute Gasteiger partial charge is 0.462 e. The number of ether oxygens (including phenoxy) is 4. The standard InChI is InChI=1S/C66H128O17P2/c1-9-59(8)45-37-29-23-25-31-39-47-64(69)77-53-62(82-65(70)48-40-32-20-16-12-10-11-14-18-26-34-42-56(2)3)55-81-85(74,75)79-51-60(67)50-78-84(72,73)80-54-61(52-76-63(68)46-38-30-24-22-28-36-44-58(6)7)83-66(71)49-41-33-21-17-13-15-19-27-35-43-57(4)5/h56-62,67H,9-55H2,1-8H3,(H,72,73)(H,74,75)/t59?,60-,61-,62-/m1/s1. The molecule has 0 aliphatic rings. The molecule has 19 heteroatoms. The van der Waals surface area contributed by atoms with E-state index in [1.165, 1.54) is 109 Å². The molecule has 0 aromatic carbocycles. The van der Waals surface area contributed by atoms with E-state index in [1.807, 2.05) is 0 Å². The van der Waals surface area contributed by atoms with Crippen LogP contribution in [0, 0.1) is 23.7 Å². The van der Waals surface area contributed by atoms with Crippen LogP contribution in [0.1, 0.15) is 319 Å². The minimum atomic E-state index is -4.95. The number of unbranched alkanes of at least 4 members (excludes halogenated alkanes) is 28. The maximum Gasteiger partial charge on any atom is 0.472 e. The van der Waals surface area contributed by atoms with E-state index in [2.05, 4.69) is 55.4 Å². The Bertz CT molecular complexity index is 1700. The Morgan fingerprint density at radius 1 is 0.329 bits per heavy atom. The third-order valence-electron chi connectivity index (χ3n) is 15.4. The normalized spacial score (nSPS) is 14.7. The van der Waals surface area contributed by atoms with Gasteiger partial charge in [-0.2, -0.15) is 0 Å². The highest BCUT2D eigenvalue weighted by Crippen LogP contribution is 2.45. The fraction of sp³-hybridized carbons (Fsp3) is 0.939. The van der Waals surface area contributed by atoms with Gasteiger partial charge < -0.3 is 33.8 Å². The molecule has 0 spiro atoms. The molecule has 3 unspecified atom stereocenters. The number of hydrogen-bond acceptors (Lipinski definition) is 15. The number of hydrogen-bond donors (Lipinski definition) is 3. The minimum absolute atomic E-state index is 0.103. The van der Waals surface area contributed by atoms with E-state index in [4.69, 9.17) is 37.0 Å². The lowest BCUT2D eigenvalue weighted by atomic mass is 10.00. The summed E-state index contributed by atoms with van der Waals surface area (Å²) in [6, 6.07) is 0. The number of phosphoric ester groups is 2. The average Bonchev–Trinajstić information content (AvgIpc) is 3.54.